The maximum atomic E-state index is 11.2. The second-order valence-corrected chi connectivity index (χ2v) is 4.58. The van der Waals surface area contributed by atoms with Gasteiger partial charge in [0, 0.05) is 11.2 Å². The Kier molecular flexibility index (Phi) is 2.91. The Labute approximate surface area is 104 Å². The standard InChI is InChI=1S/C9H5BrCl2N2O/c10-6-4-14(13-9(6)15)8-2-1-5(11)3-7(8)12/h1-4H,(H,13,15). The second kappa shape index (κ2) is 4.04. The van der Waals surface area contributed by atoms with Crippen LogP contribution in [0.3, 0.4) is 0 Å². The van der Waals surface area contributed by atoms with Crippen molar-refractivity contribution in [3.63, 3.8) is 0 Å². The zero-order valence-corrected chi connectivity index (χ0v) is 10.4. The zero-order chi connectivity index (χ0) is 11.0. The Hall–Kier alpha value is -0.710. The summed E-state index contributed by atoms with van der Waals surface area (Å²) >= 11 is 14.9. The normalized spacial score (nSPS) is 10.6. The molecular formula is C9H5BrCl2N2O. The number of hydrogen-bond acceptors (Lipinski definition) is 1. The predicted octanol–water partition coefficient (Wildman–Crippen LogP) is 3.23. The van der Waals surface area contributed by atoms with Crippen molar-refractivity contribution in [3.8, 4) is 5.69 Å². The van der Waals surface area contributed by atoms with Crippen LogP contribution >= 0.6 is 39.1 Å². The van der Waals surface area contributed by atoms with Gasteiger partial charge >= 0.3 is 0 Å². The van der Waals surface area contributed by atoms with Gasteiger partial charge in [0.15, 0.2) is 0 Å². The summed E-state index contributed by atoms with van der Waals surface area (Å²) in [4.78, 5) is 11.2. The van der Waals surface area contributed by atoms with Crippen molar-refractivity contribution in [1.29, 1.82) is 0 Å². The number of rotatable bonds is 1. The van der Waals surface area contributed by atoms with Crippen LogP contribution in [0.15, 0.2) is 33.7 Å². The fraction of sp³-hybridized carbons (Fsp3) is 0. The van der Waals surface area contributed by atoms with Crippen LogP contribution in [-0.2, 0) is 0 Å². The van der Waals surface area contributed by atoms with Crippen LogP contribution in [0.5, 0.6) is 0 Å². The number of aromatic nitrogens is 2. The van der Waals surface area contributed by atoms with Crippen LogP contribution in [0.4, 0.5) is 0 Å². The molecule has 0 amide bonds. The van der Waals surface area contributed by atoms with E-state index < -0.39 is 0 Å². The highest BCUT2D eigenvalue weighted by atomic mass is 79.9. The van der Waals surface area contributed by atoms with Gasteiger partial charge in [0.05, 0.1) is 10.7 Å². The van der Waals surface area contributed by atoms with Crippen LogP contribution in [0.1, 0.15) is 0 Å². The fourth-order valence-electron chi connectivity index (χ4n) is 1.17. The largest absolute Gasteiger partial charge is 0.278 e. The van der Waals surface area contributed by atoms with E-state index in [0.29, 0.717) is 20.2 Å². The van der Waals surface area contributed by atoms with Gasteiger partial charge in [-0.25, -0.2) is 0 Å². The summed E-state index contributed by atoms with van der Waals surface area (Å²) in [6.45, 7) is 0. The van der Waals surface area contributed by atoms with Crippen molar-refractivity contribution < 1.29 is 0 Å². The molecule has 2 aromatic rings. The predicted molar refractivity (Wildman–Crippen MR) is 64.1 cm³/mol. The molecule has 15 heavy (non-hydrogen) atoms. The van der Waals surface area contributed by atoms with E-state index in [4.69, 9.17) is 23.2 Å². The quantitative estimate of drug-likeness (QED) is 0.863. The van der Waals surface area contributed by atoms with Crippen molar-refractivity contribution >= 4 is 39.1 Å². The summed E-state index contributed by atoms with van der Waals surface area (Å²) in [5.74, 6) is 0. The second-order valence-electron chi connectivity index (χ2n) is 2.88. The van der Waals surface area contributed by atoms with Gasteiger partial charge in [-0.3, -0.25) is 14.6 Å². The summed E-state index contributed by atoms with van der Waals surface area (Å²) in [6.07, 6.45) is 1.61. The highest BCUT2D eigenvalue weighted by Gasteiger charge is 2.06. The van der Waals surface area contributed by atoms with E-state index in [9.17, 15) is 4.79 Å². The maximum absolute atomic E-state index is 11.2. The van der Waals surface area contributed by atoms with Gasteiger partial charge in [-0.15, -0.1) is 0 Å². The number of nitrogens with one attached hydrogen (secondary N) is 1. The number of aromatic amines is 1. The minimum Gasteiger partial charge on any atom is -0.267 e. The van der Waals surface area contributed by atoms with Gasteiger partial charge < -0.3 is 0 Å². The maximum Gasteiger partial charge on any atom is 0.278 e. The molecule has 0 fully saturated rings. The van der Waals surface area contributed by atoms with E-state index >= 15 is 0 Å². The molecule has 0 aliphatic rings. The summed E-state index contributed by atoms with van der Waals surface area (Å²) < 4.78 is 1.99. The first-order valence-corrected chi connectivity index (χ1v) is 5.55. The third kappa shape index (κ3) is 2.12. The third-order valence-electron chi connectivity index (χ3n) is 1.85. The summed E-state index contributed by atoms with van der Waals surface area (Å²) in [5, 5.41) is 3.63. The van der Waals surface area contributed by atoms with Gasteiger partial charge in [-0.2, -0.15) is 0 Å². The molecule has 0 bridgehead atoms. The summed E-state index contributed by atoms with van der Waals surface area (Å²) in [6, 6.07) is 5.05. The Morgan fingerprint density at radius 2 is 2.07 bits per heavy atom. The molecule has 0 radical (unpaired) electrons. The first-order chi connectivity index (χ1) is 7.08. The molecule has 1 aromatic heterocycles. The van der Waals surface area contributed by atoms with E-state index in [1.807, 2.05) is 0 Å². The minimum atomic E-state index is -0.207. The lowest BCUT2D eigenvalue weighted by atomic mass is 10.3. The molecule has 3 nitrogen and oxygen atoms in total. The van der Waals surface area contributed by atoms with Crippen LogP contribution in [0.2, 0.25) is 10.0 Å². The Morgan fingerprint density at radius 1 is 1.33 bits per heavy atom. The average Bonchev–Trinajstić information content (AvgIpc) is 2.46. The monoisotopic (exact) mass is 306 g/mol. The molecule has 2 rings (SSSR count). The molecule has 0 saturated heterocycles. The van der Waals surface area contributed by atoms with Crippen LogP contribution in [0, 0.1) is 0 Å². The van der Waals surface area contributed by atoms with Gasteiger partial charge in [0.2, 0.25) is 0 Å². The van der Waals surface area contributed by atoms with Crippen LogP contribution < -0.4 is 5.56 Å². The number of halogens is 3. The van der Waals surface area contributed by atoms with Crippen molar-refractivity contribution in [2.75, 3.05) is 0 Å². The van der Waals surface area contributed by atoms with Crippen molar-refractivity contribution in [2.45, 2.75) is 0 Å². The van der Waals surface area contributed by atoms with E-state index in [1.54, 1.807) is 24.4 Å². The highest BCUT2D eigenvalue weighted by molar-refractivity contribution is 9.10. The Morgan fingerprint density at radius 3 is 2.60 bits per heavy atom. The molecule has 0 aliphatic carbocycles. The van der Waals surface area contributed by atoms with Crippen molar-refractivity contribution in [2.24, 2.45) is 0 Å². The van der Waals surface area contributed by atoms with Crippen molar-refractivity contribution in [3.05, 3.63) is 49.3 Å². The third-order valence-corrected chi connectivity index (χ3v) is 2.95. The van der Waals surface area contributed by atoms with Gasteiger partial charge in [0.1, 0.15) is 4.47 Å². The van der Waals surface area contributed by atoms with Crippen LogP contribution in [-0.4, -0.2) is 9.78 Å². The Bertz CT molecular complexity index is 561. The number of H-pyrrole nitrogens is 1. The van der Waals surface area contributed by atoms with Gasteiger partial charge in [-0.1, -0.05) is 23.2 Å². The molecule has 6 heteroatoms. The topological polar surface area (TPSA) is 37.8 Å². The lowest BCUT2D eigenvalue weighted by Gasteiger charge is -2.04. The lowest BCUT2D eigenvalue weighted by molar-refractivity contribution is 0.864. The van der Waals surface area contributed by atoms with Crippen molar-refractivity contribution in [1.82, 2.24) is 9.78 Å². The minimum absolute atomic E-state index is 0.207. The molecule has 1 heterocycles. The van der Waals surface area contributed by atoms with E-state index in [0.717, 1.165) is 0 Å². The van der Waals surface area contributed by atoms with Gasteiger partial charge in [-0.05, 0) is 34.1 Å². The summed E-state index contributed by atoms with van der Waals surface area (Å²) in [7, 11) is 0. The molecule has 0 aliphatic heterocycles. The zero-order valence-electron chi connectivity index (χ0n) is 7.30. The SMILES string of the molecule is O=c1[nH]n(-c2ccc(Cl)cc2Cl)cc1Br. The highest BCUT2D eigenvalue weighted by Crippen LogP contribution is 2.23. The van der Waals surface area contributed by atoms with Crippen LogP contribution in [0.25, 0.3) is 5.69 Å². The number of benzene rings is 1. The molecule has 0 saturated carbocycles. The molecule has 1 N–H and O–H groups in total. The van der Waals surface area contributed by atoms with E-state index in [2.05, 4.69) is 21.0 Å². The van der Waals surface area contributed by atoms with E-state index in [-0.39, 0.29) is 5.56 Å². The molecular weight excluding hydrogens is 303 g/mol. The molecule has 0 spiro atoms. The van der Waals surface area contributed by atoms with Gasteiger partial charge in [0.25, 0.3) is 5.56 Å². The number of nitrogens with zero attached hydrogens (tertiary/aromatic N) is 1. The molecule has 1 aromatic carbocycles. The Balaban J connectivity index is 2.59. The average molecular weight is 308 g/mol. The molecule has 78 valence electrons. The first kappa shape index (κ1) is 10.8. The van der Waals surface area contributed by atoms with E-state index in [1.165, 1.54) is 4.68 Å². The molecule has 0 atom stereocenters. The number of hydrogen-bond donors (Lipinski definition) is 1. The smallest absolute Gasteiger partial charge is 0.267 e. The summed E-state index contributed by atoms with van der Waals surface area (Å²) in [5.41, 5.74) is 0.463. The first-order valence-electron chi connectivity index (χ1n) is 4.00. The fourth-order valence-corrected chi connectivity index (χ4v) is 1.97. The lowest BCUT2D eigenvalue weighted by Crippen LogP contribution is -2.04. The molecule has 0 unspecified atom stereocenters.